The van der Waals surface area contributed by atoms with Crippen LogP contribution in [0, 0.1) is 13.8 Å². The number of aromatic nitrogens is 2. The molecule has 0 spiro atoms. The van der Waals surface area contributed by atoms with Crippen molar-refractivity contribution in [2.24, 2.45) is 0 Å². The van der Waals surface area contributed by atoms with E-state index in [1.807, 2.05) is 0 Å². The third-order valence-corrected chi connectivity index (χ3v) is 5.15. The van der Waals surface area contributed by atoms with Crippen LogP contribution >= 0.6 is 11.3 Å². The van der Waals surface area contributed by atoms with Crippen LogP contribution in [0.3, 0.4) is 0 Å². The van der Waals surface area contributed by atoms with Crippen LogP contribution < -0.4 is 5.32 Å². The van der Waals surface area contributed by atoms with Crippen molar-refractivity contribution in [2.45, 2.75) is 52.6 Å². The molecule has 114 valence electrons. The van der Waals surface area contributed by atoms with Crippen LogP contribution in [0.25, 0.3) is 10.2 Å². The van der Waals surface area contributed by atoms with Crippen molar-refractivity contribution < 1.29 is 4.74 Å². The van der Waals surface area contributed by atoms with Crippen LogP contribution in [0.4, 0.5) is 5.82 Å². The van der Waals surface area contributed by atoms with Gasteiger partial charge in [-0.15, -0.1) is 11.3 Å². The minimum Gasteiger partial charge on any atom is -0.378 e. The van der Waals surface area contributed by atoms with Crippen molar-refractivity contribution in [2.75, 3.05) is 18.5 Å². The maximum atomic E-state index is 5.72. The summed E-state index contributed by atoms with van der Waals surface area (Å²) in [6.07, 6.45) is 4.50. The van der Waals surface area contributed by atoms with Gasteiger partial charge in [0.25, 0.3) is 0 Å². The molecule has 1 aliphatic rings. The highest BCUT2D eigenvalue weighted by molar-refractivity contribution is 7.18. The molecule has 3 rings (SSSR count). The molecule has 0 aromatic carbocycles. The Morgan fingerprint density at radius 1 is 1.33 bits per heavy atom. The largest absolute Gasteiger partial charge is 0.378 e. The average molecular weight is 305 g/mol. The van der Waals surface area contributed by atoms with Crippen molar-refractivity contribution >= 4 is 27.4 Å². The summed E-state index contributed by atoms with van der Waals surface area (Å²) in [7, 11) is 0. The molecule has 0 aliphatic carbocycles. The molecule has 1 aliphatic heterocycles. The zero-order chi connectivity index (χ0) is 14.8. The van der Waals surface area contributed by atoms with E-state index in [2.05, 4.69) is 26.1 Å². The topological polar surface area (TPSA) is 47.0 Å². The number of rotatable bonds is 5. The van der Waals surface area contributed by atoms with Gasteiger partial charge in [-0.25, -0.2) is 9.97 Å². The zero-order valence-corrected chi connectivity index (χ0v) is 13.8. The molecule has 4 nitrogen and oxygen atoms in total. The van der Waals surface area contributed by atoms with Crippen molar-refractivity contribution in [3.8, 4) is 0 Å². The molecule has 2 aromatic heterocycles. The van der Waals surface area contributed by atoms with Gasteiger partial charge in [0, 0.05) is 24.4 Å². The van der Waals surface area contributed by atoms with Gasteiger partial charge in [-0.2, -0.15) is 0 Å². The molecule has 21 heavy (non-hydrogen) atoms. The lowest BCUT2D eigenvalue weighted by Crippen LogP contribution is -2.13. The molecule has 0 saturated carbocycles. The molecule has 1 fully saturated rings. The molecule has 0 amide bonds. The van der Waals surface area contributed by atoms with E-state index < -0.39 is 0 Å². The molecular weight excluding hydrogens is 282 g/mol. The van der Waals surface area contributed by atoms with Crippen LogP contribution in [0.15, 0.2) is 0 Å². The van der Waals surface area contributed by atoms with Crippen molar-refractivity contribution in [1.29, 1.82) is 0 Å². The van der Waals surface area contributed by atoms with Crippen molar-refractivity contribution in [1.82, 2.24) is 9.97 Å². The first-order valence-electron chi connectivity index (χ1n) is 7.81. The Balaban J connectivity index is 1.97. The Morgan fingerprint density at radius 2 is 2.19 bits per heavy atom. The van der Waals surface area contributed by atoms with Gasteiger partial charge in [0.2, 0.25) is 0 Å². The van der Waals surface area contributed by atoms with Crippen LogP contribution in [0.5, 0.6) is 0 Å². The summed E-state index contributed by atoms with van der Waals surface area (Å²) in [4.78, 5) is 12.0. The molecule has 1 atom stereocenters. The summed E-state index contributed by atoms with van der Waals surface area (Å²) >= 11 is 1.77. The van der Waals surface area contributed by atoms with Crippen LogP contribution in [-0.2, 0) is 11.2 Å². The monoisotopic (exact) mass is 305 g/mol. The van der Waals surface area contributed by atoms with Crippen LogP contribution in [0.2, 0.25) is 0 Å². The fraction of sp³-hybridized carbons (Fsp3) is 0.625. The summed E-state index contributed by atoms with van der Waals surface area (Å²) in [5.41, 5.74) is 1.30. The number of fused-ring (bicyclic) bond motifs is 1. The van der Waals surface area contributed by atoms with E-state index in [0.29, 0.717) is 6.10 Å². The maximum absolute atomic E-state index is 5.72. The van der Waals surface area contributed by atoms with Gasteiger partial charge in [0.15, 0.2) is 0 Å². The quantitative estimate of drug-likeness (QED) is 0.911. The number of ether oxygens (including phenoxy) is 1. The summed E-state index contributed by atoms with van der Waals surface area (Å²) in [6.45, 7) is 8.31. The number of aryl methyl sites for hydroxylation is 2. The third-order valence-electron chi connectivity index (χ3n) is 4.05. The second-order valence-electron chi connectivity index (χ2n) is 5.72. The molecular formula is C16H23N3OS. The van der Waals surface area contributed by atoms with Gasteiger partial charge >= 0.3 is 0 Å². The fourth-order valence-electron chi connectivity index (χ4n) is 2.77. The number of nitrogens with one attached hydrogen (secondary N) is 1. The van der Waals surface area contributed by atoms with E-state index in [1.165, 1.54) is 15.8 Å². The fourth-order valence-corrected chi connectivity index (χ4v) is 3.81. The van der Waals surface area contributed by atoms with Gasteiger partial charge in [0.1, 0.15) is 16.5 Å². The standard InChI is InChI=1S/C16H23N3OS/c1-4-7-17-15-14-10(2)11(3)21-16(14)19-13(18-15)9-12-6-5-8-20-12/h12H,4-9H2,1-3H3,(H,17,18,19). The first kappa shape index (κ1) is 14.7. The normalized spacial score (nSPS) is 18.5. The molecule has 5 heteroatoms. The van der Waals surface area contributed by atoms with E-state index in [4.69, 9.17) is 14.7 Å². The van der Waals surface area contributed by atoms with Gasteiger partial charge in [-0.1, -0.05) is 6.92 Å². The van der Waals surface area contributed by atoms with Crippen molar-refractivity contribution in [3.63, 3.8) is 0 Å². The van der Waals surface area contributed by atoms with Crippen molar-refractivity contribution in [3.05, 3.63) is 16.3 Å². The smallest absolute Gasteiger partial charge is 0.138 e. The molecule has 1 N–H and O–H groups in total. The van der Waals surface area contributed by atoms with E-state index in [0.717, 1.165) is 55.3 Å². The lowest BCUT2D eigenvalue weighted by Gasteiger charge is -2.11. The minimum atomic E-state index is 0.295. The Kier molecular flexibility index (Phi) is 4.40. The molecule has 0 bridgehead atoms. The summed E-state index contributed by atoms with van der Waals surface area (Å²) in [5, 5.41) is 4.67. The number of nitrogens with zero attached hydrogens (tertiary/aromatic N) is 2. The summed E-state index contributed by atoms with van der Waals surface area (Å²) in [6, 6.07) is 0. The summed E-state index contributed by atoms with van der Waals surface area (Å²) < 4.78 is 5.72. The lowest BCUT2D eigenvalue weighted by molar-refractivity contribution is 0.110. The van der Waals surface area contributed by atoms with Crippen LogP contribution in [-0.4, -0.2) is 29.2 Å². The average Bonchev–Trinajstić information content (AvgIpc) is 3.06. The second-order valence-corrected chi connectivity index (χ2v) is 6.92. The number of thiophene rings is 1. The van der Waals surface area contributed by atoms with E-state index in [9.17, 15) is 0 Å². The number of hydrogen-bond acceptors (Lipinski definition) is 5. The predicted molar refractivity (Wildman–Crippen MR) is 88.3 cm³/mol. The van der Waals surface area contributed by atoms with E-state index >= 15 is 0 Å². The Morgan fingerprint density at radius 3 is 2.90 bits per heavy atom. The second kappa shape index (κ2) is 6.28. The predicted octanol–water partition coefficient (Wildman–Crippen LogP) is 3.85. The molecule has 1 unspecified atom stereocenters. The zero-order valence-electron chi connectivity index (χ0n) is 13.0. The van der Waals surface area contributed by atoms with Gasteiger partial charge in [0.05, 0.1) is 11.5 Å². The number of anilines is 1. The maximum Gasteiger partial charge on any atom is 0.138 e. The molecule has 1 saturated heterocycles. The third kappa shape index (κ3) is 3.04. The highest BCUT2D eigenvalue weighted by Crippen LogP contribution is 2.33. The lowest BCUT2D eigenvalue weighted by atomic mass is 10.1. The first-order valence-corrected chi connectivity index (χ1v) is 8.62. The van der Waals surface area contributed by atoms with Gasteiger partial charge in [-0.3, -0.25) is 0 Å². The first-order chi connectivity index (χ1) is 10.2. The molecule has 0 radical (unpaired) electrons. The molecule has 3 heterocycles. The minimum absolute atomic E-state index is 0.295. The summed E-state index contributed by atoms with van der Waals surface area (Å²) in [5.74, 6) is 1.91. The van der Waals surface area contributed by atoms with Gasteiger partial charge in [-0.05, 0) is 38.7 Å². The SMILES string of the molecule is CCCNc1nc(CC2CCCO2)nc2sc(C)c(C)c12. The highest BCUT2D eigenvalue weighted by atomic mass is 32.1. The highest BCUT2D eigenvalue weighted by Gasteiger charge is 2.20. The van der Waals surface area contributed by atoms with E-state index in [1.54, 1.807) is 11.3 Å². The molecule has 2 aromatic rings. The van der Waals surface area contributed by atoms with E-state index in [-0.39, 0.29) is 0 Å². The van der Waals surface area contributed by atoms with Crippen LogP contribution in [0.1, 0.15) is 42.5 Å². The number of hydrogen-bond donors (Lipinski definition) is 1. The van der Waals surface area contributed by atoms with Gasteiger partial charge < -0.3 is 10.1 Å². The Hall–Kier alpha value is -1.20. The Labute approximate surface area is 129 Å². The Bertz CT molecular complexity index is 632.